The van der Waals surface area contributed by atoms with Gasteiger partial charge in [-0.15, -0.1) is 0 Å². The lowest BCUT2D eigenvalue weighted by molar-refractivity contribution is -0.137. The molecule has 6 nitrogen and oxygen atoms in total. The molecule has 1 N–H and O–H groups in total. The summed E-state index contributed by atoms with van der Waals surface area (Å²) in [4.78, 5) is 39.6. The first-order valence-electron chi connectivity index (χ1n) is 10.4. The van der Waals surface area contributed by atoms with E-state index in [1.165, 1.54) is 7.11 Å². The van der Waals surface area contributed by atoms with Crippen LogP contribution >= 0.6 is 23.2 Å². The molecule has 0 unspecified atom stereocenters. The van der Waals surface area contributed by atoms with Crippen molar-refractivity contribution in [3.8, 4) is 5.75 Å². The second kappa shape index (κ2) is 8.67. The fourth-order valence-electron chi connectivity index (χ4n) is 5.01. The second-order valence-electron chi connectivity index (χ2n) is 8.01. The molecule has 164 valence electrons. The van der Waals surface area contributed by atoms with E-state index in [0.717, 1.165) is 11.4 Å². The lowest BCUT2D eigenvalue weighted by atomic mass is 9.70. The van der Waals surface area contributed by atoms with E-state index in [0.29, 0.717) is 71.0 Å². The van der Waals surface area contributed by atoms with Crippen LogP contribution in [0, 0.1) is 0 Å². The molecule has 0 atom stereocenters. The number of halogens is 2. The molecular formula is C23H23Cl2NO5. The van der Waals surface area contributed by atoms with E-state index in [-0.39, 0.29) is 24.5 Å². The monoisotopic (exact) mass is 463 g/mol. The van der Waals surface area contributed by atoms with Crippen LogP contribution in [0.3, 0.4) is 0 Å². The zero-order chi connectivity index (χ0) is 22.3. The first kappa shape index (κ1) is 21.9. The van der Waals surface area contributed by atoms with Crippen LogP contribution in [-0.2, 0) is 14.4 Å². The van der Waals surface area contributed by atoms with Gasteiger partial charge in [0.15, 0.2) is 11.6 Å². The van der Waals surface area contributed by atoms with E-state index in [4.69, 9.17) is 27.9 Å². The Kier molecular flexibility index (Phi) is 6.13. The summed E-state index contributed by atoms with van der Waals surface area (Å²) >= 11 is 12.7. The molecule has 0 saturated carbocycles. The van der Waals surface area contributed by atoms with Gasteiger partial charge in [-0.3, -0.25) is 14.4 Å². The molecule has 2 aliphatic carbocycles. The van der Waals surface area contributed by atoms with E-state index in [2.05, 4.69) is 0 Å². The lowest BCUT2D eigenvalue weighted by Gasteiger charge is -2.44. The normalized spacial score (nSPS) is 19.5. The van der Waals surface area contributed by atoms with Crippen molar-refractivity contribution in [3.05, 3.63) is 50.3 Å². The number of Topliss-reactive ketones (excluding diaryl/α,β-unsaturated/α-hetero) is 2. The van der Waals surface area contributed by atoms with Crippen LogP contribution in [0.5, 0.6) is 5.75 Å². The molecule has 0 saturated heterocycles. The molecule has 0 radical (unpaired) electrons. The first-order chi connectivity index (χ1) is 14.8. The summed E-state index contributed by atoms with van der Waals surface area (Å²) in [6.45, 7) is 0.230. The molecule has 0 bridgehead atoms. The molecule has 31 heavy (non-hydrogen) atoms. The van der Waals surface area contributed by atoms with Gasteiger partial charge in [-0.2, -0.15) is 0 Å². The number of hydrogen-bond donors (Lipinski definition) is 1. The van der Waals surface area contributed by atoms with Crippen LogP contribution in [0.4, 0.5) is 0 Å². The third kappa shape index (κ3) is 3.87. The molecule has 8 heteroatoms. The summed E-state index contributed by atoms with van der Waals surface area (Å²) < 4.78 is 5.57. The van der Waals surface area contributed by atoms with Gasteiger partial charge in [0.1, 0.15) is 5.75 Å². The van der Waals surface area contributed by atoms with Crippen molar-refractivity contribution in [2.75, 3.05) is 13.7 Å². The molecule has 1 heterocycles. The Morgan fingerprint density at radius 2 is 1.65 bits per heavy atom. The molecule has 0 fully saturated rings. The average Bonchev–Trinajstić information content (AvgIpc) is 2.71. The van der Waals surface area contributed by atoms with Crippen molar-refractivity contribution in [1.29, 1.82) is 0 Å². The van der Waals surface area contributed by atoms with Gasteiger partial charge in [-0.05, 0) is 37.8 Å². The van der Waals surface area contributed by atoms with Crippen molar-refractivity contribution >= 4 is 40.7 Å². The Labute approximate surface area is 190 Å². The van der Waals surface area contributed by atoms with Gasteiger partial charge in [0, 0.05) is 58.4 Å². The number of carboxylic acid groups (broad SMARTS) is 1. The summed E-state index contributed by atoms with van der Waals surface area (Å²) in [5, 5.41) is 9.97. The fourth-order valence-corrected chi connectivity index (χ4v) is 5.60. The van der Waals surface area contributed by atoms with Crippen LogP contribution in [0.15, 0.2) is 34.7 Å². The SMILES string of the molecule is COc1c(Cl)cc(Cl)cc1C1C2=C(CCCC2=O)N(CCC(=O)O)C2=C1C(=O)CCC2. The molecule has 1 aromatic rings. The number of ether oxygens (including phenoxy) is 1. The second-order valence-corrected chi connectivity index (χ2v) is 8.86. The van der Waals surface area contributed by atoms with Crippen LogP contribution < -0.4 is 4.74 Å². The number of carboxylic acids is 1. The average molecular weight is 464 g/mol. The zero-order valence-electron chi connectivity index (χ0n) is 17.2. The van der Waals surface area contributed by atoms with Crippen molar-refractivity contribution in [3.63, 3.8) is 0 Å². The number of nitrogens with zero attached hydrogens (tertiary/aromatic N) is 1. The predicted molar refractivity (Wildman–Crippen MR) is 116 cm³/mol. The van der Waals surface area contributed by atoms with Gasteiger partial charge in [-0.25, -0.2) is 0 Å². The van der Waals surface area contributed by atoms with Crippen LogP contribution in [0.2, 0.25) is 10.0 Å². The van der Waals surface area contributed by atoms with E-state index in [1.807, 2.05) is 4.90 Å². The Morgan fingerprint density at radius 1 is 1.06 bits per heavy atom. The zero-order valence-corrected chi connectivity index (χ0v) is 18.7. The molecular weight excluding hydrogens is 441 g/mol. The number of hydrogen-bond acceptors (Lipinski definition) is 5. The first-order valence-corrected chi connectivity index (χ1v) is 11.1. The van der Waals surface area contributed by atoms with Gasteiger partial charge in [0.2, 0.25) is 0 Å². The topological polar surface area (TPSA) is 83.9 Å². The molecule has 1 aromatic carbocycles. The molecule has 0 spiro atoms. The number of allylic oxidation sites excluding steroid dienone is 4. The van der Waals surface area contributed by atoms with Crippen molar-refractivity contribution in [1.82, 2.24) is 4.90 Å². The fraction of sp³-hybridized carbons (Fsp3) is 0.435. The summed E-state index contributed by atoms with van der Waals surface area (Å²) in [7, 11) is 1.50. The van der Waals surface area contributed by atoms with Crippen LogP contribution in [0.1, 0.15) is 56.4 Å². The Balaban J connectivity index is 1.99. The van der Waals surface area contributed by atoms with Crippen LogP contribution in [0.25, 0.3) is 0 Å². The maximum atomic E-state index is 13.2. The number of ketones is 2. The predicted octanol–water partition coefficient (Wildman–Crippen LogP) is 4.89. The number of benzene rings is 1. The van der Waals surface area contributed by atoms with Gasteiger partial charge >= 0.3 is 5.97 Å². The third-order valence-electron chi connectivity index (χ3n) is 6.19. The summed E-state index contributed by atoms with van der Waals surface area (Å²) in [5.74, 6) is -1.20. The van der Waals surface area contributed by atoms with Gasteiger partial charge < -0.3 is 14.7 Å². The van der Waals surface area contributed by atoms with E-state index in [9.17, 15) is 19.5 Å². The quantitative estimate of drug-likeness (QED) is 0.668. The van der Waals surface area contributed by atoms with E-state index in [1.54, 1.807) is 12.1 Å². The van der Waals surface area contributed by atoms with E-state index < -0.39 is 11.9 Å². The Bertz CT molecular complexity index is 999. The van der Waals surface area contributed by atoms with Crippen molar-refractivity contribution < 1.29 is 24.2 Å². The molecule has 0 aromatic heterocycles. The van der Waals surface area contributed by atoms with Gasteiger partial charge in [0.25, 0.3) is 0 Å². The number of aliphatic carboxylic acids is 1. The number of rotatable bonds is 5. The Hall–Kier alpha value is -2.31. The highest BCUT2D eigenvalue weighted by atomic mass is 35.5. The summed E-state index contributed by atoms with van der Waals surface area (Å²) in [6.07, 6.45) is 3.38. The third-order valence-corrected chi connectivity index (χ3v) is 6.69. The highest BCUT2D eigenvalue weighted by Crippen LogP contribution is 2.52. The number of carbonyl (C=O) groups excluding carboxylic acids is 2. The molecule has 0 amide bonds. The minimum absolute atomic E-state index is 0.0327. The number of methoxy groups -OCH3 is 1. The molecule has 1 aliphatic heterocycles. The van der Waals surface area contributed by atoms with Crippen LogP contribution in [-0.4, -0.2) is 41.2 Å². The largest absolute Gasteiger partial charge is 0.495 e. The van der Waals surface area contributed by atoms with Gasteiger partial charge in [-0.1, -0.05) is 23.2 Å². The highest BCUT2D eigenvalue weighted by Gasteiger charge is 2.44. The summed E-state index contributed by atoms with van der Waals surface area (Å²) in [6, 6.07) is 3.28. The van der Waals surface area contributed by atoms with Gasteiger partial charge in [0.05, 0.1) is 18.6 Å². The number of carbonyl (C=O) groups is 3. The van der Waals surface area contributed by atoms with Crippen molar-refractivity contribution in [2.24, 2.45) is 0 Å². The van der Waals surface area contributed by atoms with E-state index >= 15 is 0 Å². The molecule has 4 rings (SSSR count). The maximum absolute atomic E-state index is 13.2. The standard InChI is InChI=1S/C23H23Cl2NO5/c1-31-23-13(10-12(24)11-14(23)25)20-21-15(4-2-6-17(21)27)26(9-8-19(29)30)16-5-3-7-18(28)22(16)20/h10-11,20H,2-9H2,1H3,(H,29,30). The molecule has 3 aliphatic rings. The minimum atomic E-state index is -0.918. The minimum Gasteiger partial charge on any atom is -0.495 e. The highest BCUT2D eigenvalue weighted by molar-refractivity contribution is 6.35. The lowest BCUT2D eigenvalue weighted by Crippen LogP contribution is -2.40. The van der Waals surface area contributed by atoms with Crippen molar-refractivity contribution in [2.45, 2.75) is 50.9 Å². The summed E-state index contributed by atoms with van der Waals surface area (Å²) in [5.41, 5.74) is 3.32. The Morgan fingerprint density at radius 3 is 2.16 bits per heavy atom. The maximum Gasteiger partial charge on any atom is 0.305 e. The smallest absolute Gasteiger partial charge is 0.305 e.